The number of rotatable bonds is 8. The minimum Gasteiger partial charge on any atom is -0.486 e. The molecule has 1 aromatic carbocycles. The van der Waals surface area contributed by atoms with E-state index in [2.05, 4.69) is 38.2 Å². The van der Waals surface area contributed by atoms with Gasteiger partial charge in [0.1, 0.15) is 13.2 Å². The van der Waals surface area contributed by atoms with E-state index in [1.165, 1.54) is 5.56 Å². The smallest absolute Gasteiger partial charge is 0.161 e. The van der Waals surface area contributed by atoms with Gasteiger partial charge in [0.05, 0.1) is 0 Å². The first-order chi connectivity index (χ1) is 10.6. The van der Waals surface area contributed by atoms with Crippen LogP contribution in [0.15, 0.2) is 18.2 Å². The second kappa shape index (κ2) is 7.84. The summed E-state index contributed by atoms with van der Waals surface area (Å²) in [4.78, 5) is 0. The normalized spacial score (nSPS) is 15.6. The van der Waals surface area contributed by atoms with Crippen molar-refractivity contribution < 1.29 is 14.6 Å². The van der Waals surface area contributed by atoms with Crippen molar-refractivity contribution >= 4 is 0 Å². The van der Waals surface area contributed by atoms with Crippen molar-refractivity contribution in [2.24, 2.45) is 5.41 Å². The summed E-state index contributed by atoms with van der Waals surface area (Å²) in [6, 6.07) is 6.39. The summed E-state index contributed by atoms with van der Waals surface area (Å²) in [7, 11) is 0. The molecule has 1 unspecified atom stereocenters. The lowest BCUT2D eigenvalue weighted by Gasteiger charge is -2.33. The van der Waals surface area contributed by atoms with E-state index in [0.29, 0.717) is 13.2 Å². The first-order valence-corrected chi connectivity index (χ1v) is 8.38. The van der Waals surface area contributed by atoms with Gasteiger partial charge in [-0.15, -0.1) is 0 Å². The number of nitrogens with one attached hydrogen (secondary N) is 1. The first kappa shape index (κ1) is 17.1. The monoisotopic (exact) mass is 307 g/mol. The molecular weight excluding hydrogens is 278 g/mol. The van der Waals surface area contributed by atoms with Crippen LogP contribution in [0.4, 0.5) is 0 Å². The van der Waals surface area contributed by atoms with Crippen LogP contribution in [-0.4, -0.2) is 31.5 Å². The van der Waals surface area contributed by atoms with E-state index in [4.69, 9.17) is 9.47 Å². The third kappa shape index (κ3) is 3.93. The lowest BCUT2D eigenvalue weighted by molar-refractivity contribution is 0.159. The highest BCUT2D eigenvalue weighted by Crippen LogP contribution is 2.34. The Morgan fingerprint density at radius 2 is 1.86 bits per heavy atom. The summed E-state index contributed by atoms with van der Waals surface area (Å²) in [6.45, 7) is 8.98. The average Bonchev–Trinajstić information content (AvgIpc) is 2.58. The van der Waals surface area contributed by atoms with Crippen LogP contribution in [0.5, 0.6) is 11.5 Å². The molecule has 124 valence electrons. The molecule has 1 aliphatic rings. The molecule has 2 rings (SSSR count). The maximum Gasteiger partial charge on any atom is 0.161 e. The van der Waals surface area contributed by atoms with Gasteiger partial charge < -0.3 is 19.9 Å². The predicted molar refractivity (Wildman–Crippen MR) is 88.6 cm³/mol. The fourth-order valence-electron chi connectivity index (χ4n) is 3.00. The average molecular weight is 307 g/mol. The van der Waals surface area contributed by atoms with Gasteiger partial charge in [-0.2, -0.15) is 0 Å². The van der Waals surface area contributed by atoms with Crippen LogP contribution in [0.1, 0.15) is 51.6 Å². The zero-order valence-corrected chi connectivity index (χ0v) is 14.0. The van der Waals surface area contributed by atoms with Crippen LogP contribution in [0.3, 0.4) is 0 Å². The molecule has 1 aromatic rings. The Kier molecular flexibility index (Phi) is 6.09. The number of aliphatic hydroxyl groups excluding tert-OH is 1. The van der Waals surface area contributed by atoms with Gasteiger partial charge >= 0.3 is 0 Å². The van der Waals surface area contributed by atoms with Gasteiger partial charge in [-0.25, -0.2) is 0 Å². The molecule has 0 saturated carbocycles. The Morgan fingerprint density at radius 3 is 2.50 bits per heavy atom. The summed E-state index contributed by atoms with van der Waals surface area (Å²) in [5.41, 5.74) is 1.38. The SMILES string of the molecule is CCC(CC)(CCO)CNC(C)c1ccc2c(c1)OCCO2. The minimum atomic E-state index is 0.177. The molecule has 1 atom stereocenters. The lowest BCUT2D eigenvalue weighted by atomic mass is 9.79. The molecular formula is C18H29NO3. The molecule has 22 heavy (non-hydrogen) atoms. The fourth-order valence-corrected chi connectivity index (χ4v) is 3.00. The first-order valence-electron chi connectivity index (χ1n) is 8.38. The van der Waals surface area contributed by atoms with Crippen molar-refractivity contribution in [3.63, 3.8) is 0 Å². The number of ether oxygens (including phenoxy) is 2. The van der Waals surface area contributed by atoms with Crippen molar-refractivity contribution in [1.82, 2.24) is 5.32 Å². The molecule has 4 nitrogen and oxygen atoms in total. The molecule has 0 saturated heterocycles. The van der Waals surface area contributed by atoms with Crippen molar-refractivity contribution in [2.45, 2.75) is 46.1 Å². The quantitative estimate of drug-likeness (QED) is 0.774. The highest BCUT2D eigenvalue weighted by Gasteiger charge is 2.26. The Hall–Kier alpha value is -1.26. The van der Waals surface area contributed by atoms with Crippen molar-refractivity contribution in [3.05, 3.63) is 23.8 Å². The summed E-state index contributed by atoms with van der Waals surface area (Å²) in [5, 5.41) is 12.9. The van der Waals surface area contributed by atoms with Crippen LogP contribution in [-0.2, 0) is 0 Å². The second-order valence-corrected chi connectivity index (χ2v) is 6.19. The van der Waals surface area contributed by atoms with Crippen molar-refractivity contribution in [3.8, 4) is 11.5 Å². The van der Waals surface area contributed by atoms with E-state index >= 15 is 0 Å². The molecule has 0 spiro atoms. The summed E-state index contributed by atoms with van der Waals surface area (Å²) in [6.07, 6.45) is 3.00. The van der Waals surface area contributed by atoms with Crippen LogP contribution >= 0.6 is 0 Å². The molecule has 4 heteroatoms. The second-order valence-electron chi connectivity index (χ2n) is 6.19. The third-order valence-corrected chi connectivity index (χ3v) is 4.99. The van der Waals surface area contributed by atoms with Crippen molar-refractivity contribution in [1.29, 1.82) is 0 Å². The lowest BCUT2D eigenvalue weighted by Crippen LogP contribution is -2.35. The topological polar surface area (TPSA) is 50.7 Å². The molecule has 1 heterocycles. The number of aliphatic hydroxyl groups is 1. The molecule has 0 radical (unpaired) electrons. The van der Waals surface area contributed by atoms with Gasteiger partial charge in [0.2, 0.25) is 0 Å². The van der Waals surface area contributed by atoms with Gasteiger partial charge in [-0.05, 0) is 49.3 Å². The van der Waals surface area contributed by atoms with E-state index in [0.717, 1.165) is 37.3 Å². The Labute approximate surface area is 133 Å². The molecule has 1 aliphatic heterocycles. The standard InChI is InChI=1S/C18H29NO3/c1-4-18(5-2,8-9-20)13-19-14(3)15-6-7-16-17(12-15)22-11-10-21-16/h6-7,12,14,19-20H,4-5,8-11,13H2,1-3H3. The Balaban J connectivity index is 2.01. The number of hydrogen-bond donors (Lipinski definition) is 2. The maximum atomic E-state index is 9.32. The number of fused-ring (bicyclic) bond motifs is 1. The zero-order valence-electron chi connectivity index (χ0n) is 14.0. The van der Waals surface area contributed by atoms with E-state index in [-0.39, 0.29) is 18.1 Å². The van der Waals surface area contributed by atoms with E-state index in [1.807, 2.05) is 6.07 Å². The van der Waals surface area contributed by atoms with Crippen LogP contribution < -0.4 is 14.8 Å². The highest BCUT2D eigenvalue weighted by atomic mass is 16.6. The van der Waals surface area contributed by atoms with Gasteiger partial charge in [-0.3, -0.25) is 0 Å². The van der Waals surface area contributed by atoms with Gasteiger partial charge in [0.25, 0.3) is 0 Å². The largest absolute Gasteiger partial charge is 0.486 e. The molecule has 0 amide bonds. The van der Waals surface area contributed by atoms with E-state index < -0.39 is 0 Å². The predicted octanol–water partition coefficient (Wildman–Crippen LogP) is 3.30. The summed E-state index contributed by atoms with van der Waals surface area (Å²) >= 11 is 0. The molecule has 0 bridgehead atoms. The van der Waals surface area contributed by atoms with Crippen molar-refractivity contribution in [2.75, 3.05) is 26.4 Å². The van der Waals surface area contributed by atoms with Crippen LogP contribution in [0.25, 0.3) is 0 Å². The molecule has 0 aliphatic carbocycles. The Morgan fingerprint density at radius 1 is 1.18 bits per heavy atom. The third-order valence-electron chi connectivity index (χ3n) is 4.99. The Bertz CT molecular complexity index is 471. The van der Waals surface area contributed by atoms with E-state index in [1.54, 1.807) is 0 Å². The van der Waals surface area contributed by atoms with Gasteiger partial charge in [-0.1, -0.05) is 19.9 Å². The zero-order chi connectivity index (χ0) is 16.0. The van der Waals surface area contributed by atoms with Gasteiger partial charge in [0.15, 0.2) is 11.5 Å². The molecule has 0 aromatic heterocycles. The fraction of sp³-hybridized carbons (Fsp3) is 0.667. The number of hydrogen-bond acceptors (Lipinski definition) is 4. The van der Waals surface area contributed by atoms with E-state index in [9.17, 15) is 5.11 Å². The summed E-state index contributed by atoms with van der Waals surface area (Å²) in [5.74, 6) is 1.67. The summed E-state index contributed by atoms with van der Waals surface area (Å²) < 4.78 is 11.2. The number of benzene rings is 1. The van der Waals surface area contributed by atoms with Crippen LogP contribution in [0, 0.1) is 5.41 Å². The van der Waals surface area contributed by atoms with Crippen LogP contribution in [0.2, 0.25) is 0 Å². The molecule has 0 fully saturated rings. The maximum absolute atomic E-state index is 9.32. The highest BCUT2D eigenvalue weighted by molar-refractivity contribution is 5.44. The minimum absolute atomic E-state index is 0.177. The van der Waals surface area contributed by atoms with Gasteiger partial charge in [0, 0.05) is 19.2 Å². The molecule has 2 N–H and O–H groups in total.